The van der Waals surface area contributed by atoms with E-state index in [0.29, 0.717) is 53.8 Å². The summed E-state index contributed by atoms with van der Waals surface area (Å²) in [5, 5.41) is 22.8. The minimum atomic E-state index is -4.74. The molecule has 3 aromatic heterocycles. The number of aromatic nitrogens is 5. The largest absolute Gasteiger partial charge is 0.573 e. The van der Waals surface area contributed by atoms with Gasteiger partial charge >= 0.3 is 6.36 Å². The van der Waals surface area contributed by atoms with Crippen molar-refractivity contribution in [2.24, 2.45) is 11.8 Å². The molecule has 42 heavy (non-hydrogen) atoms. The first-order valence-corrected chi connectivity index (χ1v) is 14.4. The van der Waals surface area contributed by atoms with Crippen LogP contribution in [0.2, 0.25) is 0 Å². The van der Waals surface area contributed by atoms with Crippen LogP contribution in [0.25, 0.3) is 22.1 Å². The number of aromatic amines is 1. The lowest BCUT2D eigenvalue weighted by Gasteiger charge is -2.46. The fourth-order valence-electron chi connectivity index (χ4n) is 6.77. The van der Waals surface area contributed by atoms with Crippen molar-refractivity contribution in [2.75, 3.05) is 12.3 Å². The van der Waals surface area contributed by atoms with E-state index >= 15 is 0 Å². The summed E-state index contributed by atoms with van der Waals surface area (Å²) in [6, 6.07) is 6.33. The molecule has 10 nitrogen and oxygen atoms in total. The van der Waals surface area contributed by atoms with E-state index < -0.39 is 18.6 Å². The maximum atomic E-state index is 12.5. The smallest absolute Gasteiger partial charge is 0.406 e. The summed E-state index contributed by atoms with van der Waals surface area (Å²) < 4.78 is 43.5. The monoisotopic (exact) mass is 587 g/mol. The Labute approximate surface area is 240 Å². The van der Waals surface area contributed by atoms with Gasteiger partial charge in [-0.25, -0.2) is 15.0 Å². The van der Waals surface area contributed by atoms with Crippen molar-refractivity contribution in [1.29, 1.82) is 0 Å². The first-order valence-electron chi connectivity index (χ1n) is 14.4. The number of rotatable bonds is 9. The van der Waals surface area contributed by atoms with Gasteiger partial charge < -0.3 is 30.2 Å². The van der Waals surface area contributed by atoms with Crippen LogP contribution in [0.5, 0.6) is 5.75 Å². The summed E-state index contributed by atoms with van der Waals surface area (Å²) in [5.74, 6) is 1.27. The Hall–Kier alpha value is -3.42. The Morgan fingerprint density at radius 3 is 2.67 bits per heavy atom. The predicted molar refractivity (Wildman–Crippen MR) is 151 cm³/mol. The molecular formula is C29H36F3N7O3. The maximum absolute atomic E-state index is 12.5. The van der Waals surface area contributed by atoms with Crippen LogP contribution in [0.1, 0.15) is 51.4 Å². The van der Waals surface area contributed by atoms with Gasteiger partial charge in [-0.1, -0.05) is 0 Å². The number of H-pyrrole nitrogens is 1. The number of hydrogen-bond acceptors (Lipinski definition) is 8. The number of aryl methyl sites for hydroxylation is 1. The van der Waals surface area contributed by atoms with Gasteiger partial charge in [-0.2, -0.15) is 0 Å². The van der Waals surface area contributed by atoms with Crippen LogP contribution < -0.4 is 10.5 Å². The van der Waals surface area contributed by atoms with Crippen molar-refractivity contribution in [2.45, 2.75) is 82.6 Å². The average Bonchev–Trinajstić information content (AvgIpc) is 3.58. The second kappa shape index (κ2) is 11.0. The molecule has 1 aromatic carbocycles. The minimum Gasteiger partial charge on any atom is -0.406 e. The summed E-state index contributed by atoms with van der Waals surface area (Å²) in [6.45, 7) is 5.01. The number of benzene rings is 1. The van der Waals surface area contributed by atoms with Crippen LogP contribution in [-0.4, -0.2) is 76.8 Å². The highest BCUT2D eigenvalue weighted by Gasteiger charge is 2.45. The summed E-state index contributed by atoms with van der Waals surface area (Å²) in [5.41, 5.74) is 7.77. The fourth-order valence-corrected chi connectivity index (χ4v) is 6.77. The summed E-state index contributed by atoms with van der Waals surface area (Å²) in [6.07, 6.45) is 1.06. The zero-order chi connectivity index (χ0) is 29.8. The van der Waals surface area contributed by atoms with Gasteiger partial charge in [-0.15, -0.1) is 13.2 Å². The first kappa shape index (κ1) is 28.7. The minimum absolute atomic E-state index is 0.0927. The number of fused-ring (bicyclic) bond motifs is 2. The number of nitrogens with zero attached hydrogens (tertiary/aromatic N) is 5. The number of anilines is 1. The summed E-state index contributed by atoms with van der Waals surface area (Å²) in [7, 11) is 0. The van der Waals surface area contributed by atoms with Gasteiger partial charge in [0.2, 0.25) is 0 Å². The number of nitrogens with two attached hydrogens (primary N) is 1. The third kappa shape index (κ3) is 5.64. The Balaban J connectivity index is 1.04. The van der Waals surface area contributed by atoms with Gasteiger partial charge in [-0.05, 0) is 63.6 Å². The Kier molecular flexibility index (Phi) is 7.52. The van der Waals surface area contributed by atoms with Crippen LogP contribution in [0.15, 0.2) is 36.8 Å². The van der Waals surface area contributed by atoms with E-state index in [2.05, 4.69) is 43.4 Å². The van der Waals surface area contributed by atoms with Crippen LogP contribution in [-0.2, 0) is 6.42 Å². The van der Waals surface area contributed by atoms with Crippen molar-refractivity contribution in [3.05, 3.63) is 42.6 Å². The van der Waals surface area contributed by atoms with Gasteiger partial charge in [-0.3, -0.25) is 4.90 Å². The molecule has 0 aliphatic heterocycles. The molecule has 0 amide bonds. The summed E-state index contributed by atoms with van der Waals surface area (Å²) in [4.78, 5) is 18.5. The highest BCUT2D eigenvalue weighted by Crippen LogP contribution is 2.41. The number of aliphatic hydroxyl groups is 2. The number of ether oxygens (including phenoxy) is 1. The number of nitrogen functional groups attached to an aromatic ring is 1. The molecule has 4 aromatic rings. The second-order valence-electron chi connectivity index (χ2n) is 12.0. The lowest BCUT2D eigenvalue weighted by Crippen LogP contribution is -2.51. The Bertz CT molecular complexity index is 1550. The van der Waals surface area contributed by atoms with E-state index in [1.165, 1.54) is 18.5 Å². The quantitative estimate of drug-likeness (QED) is 0.229. The van der Waals surface area contributed by atoms with Crippen LogP contribution >= 0.6 is 0 Å². The van der Waals surface area contributed by atoms with Crippen LogP contribution in [0, 0.1) is 11.8 Å². The second-order valence-corrected chi connectivity index (χ2v) is 12.0. The average molecular weight is 588 g/mol. The van der Waals surface area contributed by atoms with Gasteiger partial charge in [0.1, 0.15) is 35.5 Å². The van der Waals surface area contributed by atoms with Gasteiger partial charge in [0, 0.05) is 43.2 Å². The van der Waals surface area contributed by atoms with Crippen molar-refractivity contribution in [1.82, 2.24) is 29.4 Å². The maximum Gasteiger partial charge on any atom is 0.573 e. The fraction of sp³-hybridized carbons (Fsp3) is 0.552. The Morgan fingerprint density at radius 2 is 1.93 bits per heavy atom. The molecule has 0 spiro atoms. The molecule has 2 aliphatic rings. The molecule has 3 heterocycles. The van der Waals surface area contributed by atoms with E-state index in [1.807, 2.05) is 16.8 Å². The van der Waals surface area contributed by atoms with Crippen molar-refractivity contribution >= 4 is 27.9 Å². The summed E-state index contributed by atoms with van der Waals surface area (Å²) >= 11 is 0. The predicted octanol–water partition coefficient (Wildman–Crippen LogP) is 4.19. The van der Waals surface area contributed by atoms with Crippen molar-refractivity contribution in [3.63, 3.8) is 0 Å². The number of halogens is 3. The van der Waals surface area contributed by atoms with Gasteiger partial charge in [0.15, 0.2) is 0 Å². The molecule has 226 valence electrons. The van der Waals surface area contributed by atoms with E-state index in [9.17, 15) is 23.4 Å². The van der Waals surface area contributed by atoms with Crippen molar-refractivity contribution < 1.29 is 28.1 Å². The number of aliphatic hydroxyl groups excluding tert-OH is 2. The molecular weight excluding hydrogens is 551 g/mol. The topological polar surface area (TPSA) is 138 Å². The zero-order valence-corrected chi connectivity index (χ0v) is 23.5. The molecule has 0 unspecified atom stereocenters. The normalized spacial score (nSPS) is 26.5. The third-order valence-electron chi connectivity index (χ3n) is 8.98. The third-order valence-corrected chi connectivity index (χ3v) is 8.98. The SMILES string of the molecule is CC(C)N(C[C@H]1C[C@@H](n2ccc3c(N)ncnc32)[C@H](O)[C@@H]1O)[C@H]1C[C@H](CCc2nc3cc(OC(F)(F)F)ccc3[nH]2)C1. The molecule has 2 aliphatic carbocycles. The van der Waals surface area contributed by atoms with E-state index in [-0.39, 0.29) is 23.8 Å². The molecule has 0 radical (unpaired) electrons. The first-order chi connectivity index (χ1) is 20.0. The standard InChI is InChI=1S/C29H36F3N7O3/c1-15(2)39(13-17-11-23(26(41)25(17)40)38-8-7-20-27(33)34-14-35-28(20)38)18-9-16(10-18)3-6-24-36-21-5-4-19(12-22(21)37-24)42-29(30,31)32/h4-5,7-8,12,14-18,23,25-26,40-41H,3,6,9-11,13H2,1-2H3,(H,36,37)(H2,33,34,35)/t16-,17-,18-,23-,25-,26+/m1/s1. The van der Waals surface area contributed by atoms with Crippen LogP contribution in [0.4, 0.5) is 19.0 Å². The van der Waals surface area contributed by atoms with Gasteiger partial charge in [0.05, 0.1) is 28.6 Å². The van der Waals surface area contributed by atoms with Crippen molar-refractivity contribution in [3.8, 4) is 5.75 Å². The lowest BCUT2D eigenvalue weighted by atomic mass is 9.76. The number of alkyl halides is 3. The van der Waals surface area contributed by atoms with E-state index in [1.54, 1.807) is 6.07 Å². The highest BCUT2D eigenvalue weighted by atomic mass is 19.4. The number of hydrogen-bond donors (Lipinski definition) is 4. The molecule has 5 N–H and O–H groups in total. The molecule has 4 atom stereocenters. The highest BCUT2D eigenvalue weighted by molar-refractivity contribution is 5.86. The van der Waals surface area contributed by atoms with Crippen LogP contribution in [0.3, 0.4) is 0 Å². The van der Waals surface area contributed by atoms with Gasteiger partial charge in [0.25, 0.3) is 0 Å². The number of nitrogens with one attached hydrogen (secondary N) is 1. The molecule has 2 saturated carbocycles. The van der Waals surface area contributed by atoms with E-state index in [0.717, 1.165) is 30.5 Å². The Morgan fingerprint density at radius 1 is 1.14 bits per heavy atom. The molecule has 2 fully saturated rings. The molecule has 0 bridgehead atoms. The zero-order valence-electron chi connectivity index (χ0n) is 23.5. The number of imidazole rings is 1. The molecule has 6 rings (SSSR count). The molecule has 0 saturated heterocycles. The molecule has 13 heteroatoms. The lowest BCUT2D eigenvalue weighted by molar-refractivity contribution is -0.274. The van der Waals surface area contributed by atoms with E-state index in [4.69, 9.17) is 5.73 Å².